The highest BCUT2D eigenvalue weighted by Crippen LogP contribution is 2.24. The molecule has 0 spiro atoms. The van der Waals surface area contributed by atoms with E-state index < -0.39 is 11.9 Å². The minimum absolute atomic E-state index is 0.0906. The van der Waals surface area contributed by atoms with E-state index in [4.69, 9.17) is 16.3 Å². The van der Waals surface area contributed by atoms with E-state index in [2.05, 4.69) is 5.32 Å². The molecule has 0 saturated carbocycles. The van der Waals surface area contributed by atoms with Crippen LogP contribution < -0.4 is 15.0 Å². The molecule has 0 radical (unpaired) electrons. The average Bonchev–Trinajstić information content (AvgIpc) is 2.84. The van der Waals surface area contributed by atoms with E-state index in [1.807, 2.05) is 38.1 Å². The van der Waals surface area contributed by atoms with Gasteiger partial charge in [0.05, 0.1) is 11.8 Å². The van der Waals surface area contributed by atoms with Crippen molar-refractivity contribution < 1.29 is 14.3 Å². The van der Waals surface area contributed by atoms with E-state index in [0.29, 0.717) is 10.7 Å². The van der Waals surface area contributed by atoms with Crippen LogP contribution >= 0.6 is 11.6 Å². The summed E-state index contributed by atoms with van der Waals surface area (Å²) >= 11 is 5.85. The third-order valence-electron chi connectivity index (χ3n) is 3.53. The van der Waals surface area contributed by atoms with Crippen LogP contribution in [0.15, 0.2) is 54.2 Å². The number of imide groups is 1. The van der Waals surface area contributed by atoms with Gasteiger partial charge in [0.1, 0.15) is 11.4 Å². The van der Waals surface area contributed by atoms with Crippen molar-refractivity contribution in [3.63, 3.8) is 0 Å². The number of nitrogens with one attached hydrogen (secondary N) is 1. The molecule has 0 aliphatic carbocycles. The van der Waals surface area contributed by atoms with Crippen molar-refractivity contribution in [2.24, 2.45) is 0 Å². The van der Waals surface area contributed by atoms with Gasteiger partial charge in [-0.2, -0.15) is 0 Å². The Morgan fingerprint density at radius 1 is 1.04 bits per heavy atom. The molecule has 1 heterocycles. The zero-order valence-electron chi connectivity index (χ0n) is 13.8. The minimum Gasteiger partial charge on any atom is -0.491 e. The molecule has 25 heavy (non-hydrogen) atoms. The third kappa shape index (κ3) is 3.83. The predicted molar refractivity (Wildman–Crippen MR) is 97.7 cm³/mol. The highest BCUT2D eigenvalue weighted by Gasteiger charge is 2.34. The molecule has 128 valence electrons. The largest absolute Gasteiger partial charge is 0.491 e. The highest BCUT2D eigenvalue weighted by molar-refractivity contribution is 6.31. The molecule has 1 saturated heterocycles. The summed E-state index contributed by atoms with van der Waals surface area (Å²) in [4.78, 5) is 25.8. The second kappa shape index (κ2) is 6.99. The van der Waals surface area contributed by atoms with Gasteiger partial charge in [0.15, 0.2) is 0 Å². The Balaban J connectivity index is 1.81. The molecule has 3 amide bonds. The molecule has 0 bridgehead atoms. The van der Waals surface area contributed by atoms with Gasteiger partial charge in [0.25, 0.3) is 5.91 Å². The Kier molecular flexibility index (Phi) is 4.76. The molecule has 1 aliphatic heterocycles. The molecule has 0 aromatic heterocycles. The van der Waals surface area contributed by atoms with Crippen molar-refractivity contribution in [2.45, 2.75) is 20.0 Å². The van der Waals surface area contributed by atoms with Crippen molar-refractivity contribution in [3.8, 4) is 5.75 Å². The summed E-state index contributed by atoms with van der Waals surface area (Å²) in [7, 11) is 0. The number of ether oxygens (including phenoxy) is 1. The summed E-state index contributed by atoms with van der Waals surface area (Å²) in [5, 5.41) is 3.13. The number of carbonyl (C=O) groups excluding carboxylic acids is 2. The maximum Gasteiger partial charge on any atom is 0.333 e. The van der Waals surface area contributed by atoms with Crippen LogP contribution in [0.25, 0.3) is 6.08 Å². The summed E-state index contributed by atoms with van der Waals surface area (Å²) in [6, 6.07) is 13.3. The van der Waals surface area contributed by atoms with Gasteiger partial charge in [-0.05, 0) is 61.9 Å². The lowest BCUT2D eigenvalue weighted by molar-refractivity contribution is -0.113. The summed E-state index contributed by atoms with van der Waals surface area (Å²) < 4.78 is 5.59. The fourth-order valence-corrected chi connectivity index (χ4v) is 2.57. The number of carbonyl (C=O) groups is 2. The van der Waals surface area contributed by atoms with Crippen molar-refractivity contribution in [2.75, 3.05) is 4.90 Å². The maximum absolute atomic E-state index is 12.5. The van der Waals surface area contributed by atoms with Gasteiger partial charge < -0.3 is 10.1 Å². The predicted octanol–water partition coefficient (Wildman–Crippen LogP) is 4.22. The van der Waals surface area contributed by atoms with Gasteiger partial charge in [-0.15, -0.1) is 0 Å². The van der Waals surface area contributed by atoms with Crippen LogP contribution in [-0.2, 0) is 4.79 Å². The second-order valence-corrected chi connectivity index (χ2v) is 6.28. The molecular formula is C19H17ClN2O3. The molecule has 1 aliphatic rings. The normalized spacial score (nSPS) is 15.8. The molecular weight excluding hydrogens is 340 g/mol. The first-order chi connectivity index (χ1) is 11.9. The summed E-state index contributed by atoms with van der Waals surface area (Å²) in [6.07, 6.45) is 1.72. The fraction of sp³-hybridized carbons (Fsp3) is 0.158. The SMILES string of the molecule is CC(C)Oc1ccc(/C=C2/NC(=O)N(c3ccc(Cl)cc3)C2=O)cc1. The van der Waals surface area contributed by atoms with Crippen LogP contribution in [0.4, 0.5) is 10.5 Å². The van der Waals surface area contributed by atoms with Gasteiger partial charge in [0.2, 0.25) is 0 Å². The molecule has 1 fully saturated rings. The number of anilines is 1. The molecule has 0 unspecified atom stereocenters. The van der Waals surface area contributed by atoms with Crippen LogP contribution in [0.5, 0.6) is 5.75 Å². The van der Waals surface area contributed by atoms with Crippen molar-refractivity contribution in [3.05, 3.63) is 64.8 Å². The van der Waals surface area contributed by atoms with Gasteiger partial charge in [-0.1, -0.05) is 23.7 Å². The molecule has 2 aromatic carbocycles. The number of urea groups is 1. The van der Waals surface area contributed by atoms with Gasteiger partial charge in [-0.3, -0.25) is 4.79 Å². The van der Waals surface area contributed by atoms with Crippen molar-refractivity contribution >= 4 is 35.3 Å². The summed E-state index contributed by atoms with van der Waals surface area (Å²) in [5.41, 5.74) is 1.48. The molecule has 3 rings (SSSR count). The maximum atomic E-state index is 12.5. The number of halogens is 1. The molecule has 0 atom stereocenters. The smallest absolute Gasteiger partial charge is 0.333 e. The zero-order valence-corrected chi connectivity index (χ0v) is 14.6. The Hall–Kier alpha value is -2.79. The van der Waals surface area contributed by atoms with Crippen molar-refractivity contribution in [1.82, 2.24) is 5.32 Å². The lowest BCUT2D eigenvalue weighted by atomic mass is 10.2. The zero-order chi connectivity index (χ0) is 18.0. The fourth-order valence-electron chi connectivity index (χ4n) is 2.44. The number of hydrogen-bond acceptors (Lipinski definition) is 3. The van der Waals surface area contributed by atoms with Crippen LogP contribution in [-0.4, -0.2) is 18.0 Å². The number of nitrogens with zero attached hydrogens (tertiary/aromatic N) is 1. The lowest BCUT2D eigenvalue weighted by Crippen LogP contribution is -2.30. The van der Waals surface area contributed by atoms with Gasteiger partial charge in [0, 0.05) is 5.02 Å². The van der Waals surface area contributed by atoms with Crippen LogP contribution in [0, 0.1) is 0 Å². The topological polar surface area (TPSA) is 58.6 Å². The molecule has 2 aromatic rings. The number of amides is 3. The van der Waals surface area contributed by atoms with Crippen LogP contribution in [0.1, 0.15) is 19.4 Å². The Morgan fingerprint density at radius 2 is 1.68 bits per heavy atom. The number of rotatable bonds is 4. The summed E-state index contributed by atoms with van der Waals surface area (Å²) in [6.45, 7) is 3.90. The minimum atomic E-state index is -0.488. The number of hydrogen-bond donors (Lipinski definition) is 1. The highest BCUT2D eigenvalue weighted by atomic mass is 35.5. The first-order valence-electron chi connectivity index (χ1n) is 7.83. The van der Waals surface area contributed by atoms with Gasteiger partial charge in [-0.25, -0.2) is 9.69 Å². The Labute approximate surface area is 150 Å². The standard InChI is InChI=1S/C19H17ClN2O3/c1-12(2)25-16-9-3-13(4-10-16)11-17-18(23)22(19(24)21-17)15-7-5-14(20)6-8-15/h3-12H,1-2H3,(H,21,24)/b17-11+. The molecule has 5 nitrogen and oxygen atoms in total. The van der Waals surface area contributed by atoms with E-state index in [1.54, 1.807) is 30.3 Å². The second-order valence-electron chi connectivity index (χ2n) is 5.84. The third-order valence-corrected chi connectivity index (χ3v) is 3.78. The van der Waals surface area contributed by atoms with E-state index in [-0.39, 0.29) is 11.8 Å². The Bertz CT molecular complexity index is 827. The van der Waals surface area contributed by atoms with Crippen LogP contribution in [0.3, 0.4) is 0 Å². The average molecular weight is 357 g/mol. The van der Waals surface area contributed by atoms with Gasteiger partial charge >= 0.3 is 6.03 Å². The quantitative estimate of drug-likeness (QED) is 0.659. The Morgan fingerprint density at radius 3 is 2.28 bits per heavy atom. The number of benzene rings is 2. The van der Waals surface area contributed by atoms with Crippen molar-refractivity contribution in [1.29, 1.82) is 0 Å². The summed E-state index contributed by atoms with van der Waals surface area (Å²) in [5.74, 6) is 0.344. The van der Waals surface area contributed by atoms with E-state index in [0.717, 1.165) is 16.2 Å². The van der Waals surface area contributed by atoms with E-state index >= 15 is 0 Å². The van der Waals surface area contributed by atoms with E-state index in [1.165, 1.54) is 0 Å². The first kappa shape index (κ1) is 17.0. The van der Waals surface area contributed by atoms with Crippen LogP contribution in [0.2, 0.25) is 5.02 Å². The molecule has 1 N–H and O–H groups in total. The van der Waals surface area contributed by atoms with E-state index in [9.17, 15) is 9.59 Å². The lowest BCUT2D eigenvalue weighted by Gasteiger charge is -2.11. The monoisotopic (exact) mass is 356 g/mol. The molecule has 6 heteroatoms. The first-order valence-corrected chi connectivity index (χ1v) is 8.21.